The zero-order valence-corrected chi connectivity index (χ0v) is 22.4. The summed E-state index contributed by atoms with van der Waals surface area (Å²) in [6.07, 6.45) is 5.71. The number of fused-ring (bicyclic) bond motifs is 1. The second-order valence-electron chi connectivity index (χ2n) is 9.94. The molecule has 0 spiro atoms. The molecule has 3 aromatic heterocycles. The van der Waals surface area contributed by atoms with Crippen molar-refractivity contribution in [1.82, 2.24) is 25.0 Å². The van der Waals surface area contributed by atoms with E-state index in [2.05, 4.69) is 30.9 Å². The lowest BCUT2D eigenvalue weighted by molar-refractivity contribution is 0.0981. The molecule has 1 fully saturated rings. The van der Waals surface area contributed by atoms with E-state index >= 15 is 4.39 Å². The van der Waals surface area contributed by atoms with Crippen LogP contribution in [0.3, 0.4) is 0 Å². The third-order valence-electron chi connectivity index (χ3n) is 7.11. The predicted molar refractivity (Wildman–Crippen MR) is 150 cm³/mol. The molecule has 1 amide bonds. The number of nitrogens with one attached hydrogen (secondary N) is 3. The van der Waals surface area contributed by atoms with Crippen LogP contribution in [0.25, 0.3) is 16.7 Å². The number of hydrogen-bond acceptors (Lipinski definition) is 8. The number of anilines is 2. The van der Waals surface area contributed by atoms with Crippen molar-refractivity contribution < 1.29 is 23.0 Å². The van der Waals surface area contributed by atoms with Gasteiger partial charge in [-0.1, -0.05) is 0 Å². The molecule has 0 saturated heterocycles. The summed E-state index contributed by atoms with van der Waals surface area (Å²) in [5.41, 5.74) is -0.339. The Hall–Kier alpha value is -5.17. The normalized spacial score (nSPS) is 13.9. The number of carbonyl (C=O) groups excluding carboxylic acids is 1. The van der Waals surface area contributed by atoms with E-state index in [0.29, 0.717) is 29.2 Å². The van der Waals surface area contributed by atoms with Crippen molar-refractivity contribution in [3.63, 3.8) is 0 Å². The van der Waals surface area contributed by atoms with Gasteiger partial charge in [0.25, 0.3) is 11.5 Å². The lowest BCUT2D eigenvalue weighted by atomic mass is 9.77. The van der Waals surface area contributed by atoms with Gasteiger partial charge in [-0.05, 0) is 61.7 Å². The van der Waals surface area contributed by atoms with Crippen LogP contribution in [0.2, 0.25) is 0 Å². The molecule has 2 aromatic carbocycles. The molecule has 1 saturated carbocycles. The summed E-state index contributed by atoms with van der Waals surface area (Å²) in [5.74, 6) is -1.23. The number of nitrogens with zero attached hydrogens (tertiary/aromatic N) is 4. The van der Waals surface area contributed by atoms with E-state index in [0.717, 1.165) is 30.0 Å². The summed E-state index contributed by atoms with van der Waals surface area (Å²) in [5, 5.41) is 17.7. The number of rotatable bonds is 9. The third-order valence-corrected chi connectivity index (χ3v) is 7.11. The molecule has 1 aliphatic carbocycles. The largest absolute Gasteiger partial charge is 0.453 e. The molecule has 11 nitrogen and oxygen atoms in total. The van der Waals surface area contributed by atoms with Crippen molar-refractivity contribution in [2.45, 2.75) is 24.8 Å². The Balaban J connectivity index is 1.22. The molecular formula is C29H25F2N7O4. The van der Waals surface area contributed by atoms with Gasteiger partial charge in [0.05, 0.1) is 17.8 Å². The Kier molecular flexibility index (Phi) is 7.08. The standard InChI is InChI=1S/C29H25F2N7O4/c1-41-16-29(11-2-12-29)35-26-24-23(10-13-32-25(24)36-37-26)42-22-8-5-18(15-21(22)31)34-27(39)20-9-14-33-38(28(20)40)19-6-3-17(30)4-7-19/h3-10,13-15H,2,11-12,16H2,1H3,(H,34,39)(H2,32,35,36,37). The van der Waals surface area contributed by atoms with E-state index in [-0.39, 0.29) is 28.2 Å². The zero-order valence-electron chi connectivity index (χ0n) is 22.4. The van der Waals surface area contributed by atoms with Crippen LogP contribution in [0.4, 0.5) is 20.3 Å². The molecule has 1 aliphatic rings. The van der Waals surface area contributed by atoms with Crippen LogP contribution in [0.5, 0.6) is 11.5 Å². The minimum atomic E-state index is -0.766. The summed E-state index contributed by atoms with van der Waals surface area (Å²) in [6.45, 7) is 0.513. The van der Waals surface area contributed by atoms with Gasteiger partial charge in [0, 0.05) is 37.3 Å². The molecule has 13 heteroatoms. The van der Waals surface area contributed by atoms with Gasteiger partial charge in [-0.15, -0.1) is 0 Å². The van der Waals surface area contributed by atoms with Crippen molar-refractivity contribution in [2.75, 3.05) is 24.4 Å². The second-order valence-corrected chi connectivity index (χ2v) is 9.94. The number of carbonyl (C=O) groups is 1. The van der Waals surface area contributed by atoms with Gasteiger partial charge >= 0.3 is 0 Å². The zero-order chi connectivity index (χ0) is 29.3. The van der Waals surface area contributed by atoms with Crippen LogP contribution in [0, 0.1) is 11.6 Å². The first-order valence-electron chi connectivity index (χ1n) is 13.1. The number of pyridine rings is 1. The molecule has 0 atom stereocenters. The first-order chi connectivity index (χ1) is 20.4. The van der Waals surface area contributed by atoms with E-state index in [9.17, 15) is 14.0 Å². The molecule has 0 aliphatic heterocycles. The maximum Gasteiger partial charge on any atom is 0.284 e. The quantitative estimate of drug-likeness (QED) is 0.229. The van der Waals surface area contributed by atoms with Gasteiger partial charge in [-0.25, -0.2) is 13.8 Å². The van der Waals surface area contributed by atoms with Crippen LogP contribution in [-0.4, -0.2) is 50.1 Å². The number of H-pyrrole nitrogens is 1. The number of methoxy groups -OCH3 is 1. The van der Waals surface area contributed by atoms with E-state index < -0.39 is 23.1 Å². The summed E-state index contributed by atoms with van der Waals surface area (Å²) < 4.78 is 40.8. The Morgan fingerprint density at radius 2 is 1.88 bits per heavy atom. The number of ether oxygens (including phenoxy) is 2. The van der Waals surface area contributed by atoms with Gasteiger partial charge in [-0.3, -0.25) is 14.7 Å². The molecule has 6 rings (SSSR count). The second kappa shape index (κ2) is 11.0. The van der Waals surface area contributed by atoms with Gasteiger partial charge < -0.3 is 20.1 Å². The van der Waals surface area contributed by atoms with E-state index in [1.165, 1.54) is 54.9 Å². The number of hydrogen-bond donors (Lipinski definition) is 3. The van der Waals surface area contributed by atoms with Crippen molar-refractivity contribution >= 4 is 28.4 Å². The summed E-state index contributed by atoms with van der Waals surface area (Å²) in [6, 6.07) is 11.8. The Bertz CT molecular complexity index is 1830. The number of aromatic nitrogens is 5. The maximum atomic E-state index is 15.2. The fourth-order valence-electron chi connectivity index (χ4n) is 4.86. The summed E-state index contributed by atoms with van der Waals surface area (Å²) in [7, 11) is 1.65. The van der Waals surface area contributed by atoms with Crippen LogP contribution < -0.4 is 20.9 Å². The van der Waals surface area contributed by atoms with Gasteiger partial charge in [0.2, 0.25) is 0 Å². The van der Waals surface area contributed by atoms with Gasteiger partial charge in [0.1, 0.15) is 22.5 Å². The van der Waals surface area contributed by atoms with E-state index in [1.807, 2.05) is 0 Å². The van der Waals surface area contributed by atoms with Crippen molar-refractivity contribution in [3.05, 3.63) is 94.5 Å². The van der Waals surface area contributed by atoms with E-state index in [4.69, 9.17) is 9.47 Å². The first kappa shape index (κ1) is 27.0. The number of amides is 1. The third kappa shape index (κ3) is 5.17. The monoisotopic (exact) mass is 573 g/mol. The lowest BCUT2D eigenvalue weighted by Crippen LogP contribution is -2.49. The minimum Gasteiger partial charge on any atom is -0.453 e. The van der Waals surface area contributed by atoms with Crippen LogP contribution in [-0.2, 0) is 4.74 Å². The van der Waals surface area contributed by atoms with Gasteiger partial charge in [0.15, 0.2) is 23.0 Å². The number of halogens is 2. The van der Waals surface area contributed by atoms with E-state index in [1.54, 1.807) is 13.2 Å². The highest BCUT2D eigenvalue weighted by atomic mass is 19.1. The van der Waals surface area contributed by atoms with Crippen molar-refractivity contribution in [2.24, 2.45) is 0 Å². The van der Waals surface area contributed by atoms with Crippen molar-refractivity contribution in [1.29, 1.82) is 0 Å². The molecule has 0 radical (unpaired) electrons. The molecule has 42 heavy (non-hydrogen) atoms. The average Bonchev–Trinajstić information content (AvgIpc) is 3.37. The number of benzene rings is 2. The molecule has 3 N–H and O–H groups in total. The molecule has 5 aromatic rings. The van der Waals surface area contributed by atoms with Crippen LogP contribution >= 0.6 is 0 Å². The highest BCUT2D eigenvalue weighted by Gasteiger charge is 2.38. The van der Waals surface area contributed by atoms with Gasteiger partial charge in [-0.2, -0.15) is 14.9 Å². The predicted octanol–water partition coefficient (Wildman–Crippen LogP) is 4.81. The molecule has 3 heterocycles. The molecule has 214 valence electrons. The average molecular weight is 574 g/mol. The van der Waals surface area contributed by atoms with Crippen molar-refractivity contribution in [3.8, 4) is 17.2 Å². The fraction of sp³-hybridized carbons (Fsp3) is 0.207. The van der Waals surface area contributed by atoms with Crippen LogP contribution in [0.1, 0.15) is 29.6 Å². The highest BCUT2D eigenvalue weighted by molar-refractivity contribution is 6.04. The summed E-state index contributed by atoms with van der Waals surface area (Å²) in [4.78, 5) is 30.1. The topological polar surface area (TPSA) is 136 Å². The highest BCUT2D eigenvalue weighted by Crippen LogP contribution is 2.40. The minimum absolute atomic E-state index is 0.0922. The summed E-state index contributed by atoms with van der Waals surface area (Å²) >= 11 is 0. The Labute approximate surface area is 237 Å². The lowest BCUT2D eigenvalue weighted by Gasteiger charge is -2.42. The molecular weight excluding hydrogens is 548 g/mol. The number of aromatic amines is 1. The SMILES string of the molecule is COCC1(Nc2n[nH]c3nccc(Oc4ccc(NC(=O)c5ccnn(-c6ccc(F)cc6)c5=O)cc4F)c23)CCC1. The Morgan fingerprint density at radius 3 is 2.60 bits per heavy atom. The molecule has 0 unspecified atom stereocenters. The smallest absolute Gasteiger partial charge is 0.284 e. The first-order valence-corrected chi connectivity index (χ1v) is 13.1. The van der Waals surface area contributed by atoms with Crippen LogP contribution in [0.15, 0.2) is 71.8 Å². The fourth-order valence-corrected chi connectivity index (χ4v) is 4.86. The Morgan fingerprint density at radius 1 is 1.07 bits per heavy atom. The maximum absolute atomic E-state index is 15.2. The molecule has 0 bridgehead atoms.